The summed E-state index contributed by atoms with van der Waals surface area (Å²) in [4.78, 5) is 35.7. The molecule has 1 unspecified atom stereocenters. The van der Waals surface area contributed by atoms with Gasteiger partial charge in [0, 0.05) is 24.9 Å². The largest absolute Gasteiger partial charge is 0.481 e. The van der Waals surface area contributed by atoms with E-state index in [1.54, 1.807) is 6.92 Å². The van der Waals surface area contributed by atoms with Crippen molar-refractivity contribution in [3.8, 4) is 11.1 Å². The van der Waals surface area contributed by atoms with Crippen LogP contribution in [0, 0.1) is 11.8 Å². The standard InChI is InChI=1S/C27H34N2O5/c1-17(2)12-19(14-25(30)29-18(3)13-26(31)32)15-28-27(33)34-16-24-22-10-6-4-8-20(22)21-9-5-7-11-23(21)24/h4-11,17-19,24H,12-16H2,1-3H3,(H,28,33)(H,29,30)(H,31,32)/t18?,19-/m0/s1. The van der Waals surface area contributed by atoms with Gasteiger partial charge in [-0.1, -0.05) is 62.4 Å². The minimum atomic E-state index is -0.955. The molecule has 0 aromatic heterocycles. The smallest absolute Gasteiger partial charge is 0.407 e. The Morgan fingerprint density at radius 2 is 1.53 bits per heavy atom. The number of rotatable bonds is 11. The average Bonchev–Trinajstić information content (AvgIpc) is 3.08. The van der Waals surface area contributed by atoms with Gasteiger partial charge in [-0.25, -0.2) is 4.79 Å². The number of carboxylic acid groups (broad SMARTS) is 1. The van der Waals surface area contributed by atoms with Crippen LogP contribution in [0.3, 0.4) is 0 Å². The maximum absolute atomic E-state index is 12.5. The Hall–Kier alpha value is -3.35. The number of alkyl carbamates (subject to hydrolysis) is 1. The fraction of sp³-hybridized carbons (Fsp3) is 0.444. The highest BCUT2D eigenvalue weighted by molar-refractivity contribution is 5.79. The SMILES string of the molecule is CC(C)C[C@H](CNC(=O)OCC1c2ccccc2-c2ccccc21)CC(=O)NC(C)CC(=O)O. The highest BCUT2D eigenvalue weighted by atomic mass is 16.5. The molecule has 34 heavy (non-hydrogen) atoms. The first-order chi connectivity index (χ1) is 16.2. The molecule has 0 spiro atoms. The summed E-state index contributed by atoms with van der Waals surface area (Å²) in [5, 5.41) is 14.4. The number of fused-ring (bicyclic) bond motifs is 3. The van der Waals surface area contributed by atoms with Gasteiger partial charge in [0.25, 0.3) is 0 Å². The molecule has 182 valence electrons. The fourth-order valence-electron chi connectivity index (χ4n) is 4.69. The molecule has 1 aliphatic rings. The number of hydrogen-bond donors (Lipinski definition) is 3. The number of carboxylic acids is 1. The summed E-state index contributed by atoms with van der Waals surface area (Å²) in [5.74, 6) is -0.903. The van der Waals surface area contributed by atoms with E-state index in [1.807, 2.05) is 24.3 Å². The van der Waals surface area contributed by atoms with Crippen LogP contribution in [0.15, 0.2) is 48.5 Å². The first kappa shape index (κ1) is 25.3. The maximum atomic E-state index is 12.5. The minimum absolute atomic E-state index is 0.00823. The first-order valence-electron chi connectivity index (χ1n) is 11.8. The molecular formula is C27H34N2O5. The zero-order valence-corrected chi connectivity index (χ0v) is 20.0. The van der Waals surface area contributed by atoms with Gasteiger partial charge in [-0.05, 0) is 47.4 Å². The highest BCUT2D eigenvalue weighted by Gasteiger charge is 2.29. The minimum Gasteiger partial charge on any atom is -0.481 e. The third-order valence-corrected chi connectivity index (χ3v) is 6.05. The lowest BCUT2D eigenvalue weighted by Crippen LogP contribution is -2.38. The van der Waals surface area contributed by atoms with E-state index in [0.29, 0.717) is 12.5 Å². The fourth-order valence-corrected chi connectivity index (χ4v) is 4.69. The van der Waals surface area contributed by atoms with Crippen molar-refractivity contribution < 1.29 is 24.2 Å². The van der Waals surface area contributed by atoms with Crippen LogP contribution in [-0.2, 0) is 14.3 Å². The van der Waals surface area contributed by atoms with Crippen LogP contribution < -0.4 is 10.6 Å². The summed E-state index contributed by atoms with van der Waals surface area (Å²) in [6, 6.07) is 15.9. The average molecular weight is 467 g/mol. The van der Waals surface area contributed by atoms with Gasteiger partial charge in [0.15, 0.2) is 0 Å². The summed E-state index contributed by atoms with van der Waals surface area (Å²) < 4.78 is 5.59. The Labute approximate surface area is 200 Å². The molecule has 2 atom stereocenters. The number of hydrogen-bond acceptors (Lipinski definition) is 4. The second kappa shape index (κ2) is 11.7. The van der Waals surface area contributed by atoms with Crippen molar-refractivity contribution in [3.05, 3.63) is 59.7 Å². The summed E-state index contributed by atoms with van der Waals surface area (Å²) in [6.45, 7) is 6.34. The molecule has 0 radical (unpaired) electrons. The molecule has 0 saturated carbocycles. The van der Waals surface area contributed by atoms with Gasteiger partial charge in [-0.15, -0.1) is 0 Å². The van der Waals surface area contributed by atoms with Gasteiger partial charge >= 0.3 is 12.1 Å². The van der Waals surface area contributed by atoms with Gasteiger partial charge in [0.2, 0.25) is 5.91 Å². The Morgan fingerprint density at radius 3 is 2.09 bits per heavy atom. The second-order valence-electron chi connectivity index (χ2n) is 9.47. The molecule has 0 bridgehead atoms. The van der Waals surface area contributed by atoms with E-state index in [2.05, 4.69) is 48.7 Å². The lowest BCUT2D eigenvalue weighted by molar-refractivity contribution is -0.137. The normalized spacial score (nSPS) is 14.1. The molecule has 0 fully saturated rings. The van der Waals surface area contributed by atoms with Crippen LogP contribution in [-0.4, -0.2) is 42.3 Å². The first-order valence-corrected chi connectivity index (χ1v) is 11.8. The van der Waals surface area contributed by atoms with E-state index >= 15 is 0 Å². The van der Waals surface area contributed by atoms with Crippen molar-refractivity contribution in [2.45, 2.75) is 52.0 Å². The van der Waals surface area contributed by atoms with E-state index in [0.717, 1.165) is 17.5 Å². The van der Waals surface area contributed by atoms with Crippen molar-refractivity contribution in [2.24, 2.45) is 11.8 Å². The maximum Gasteiger partial charge on any atom is 0.407 e. The van der Waals surface area contributed by atoms with Crippen LogP contribution in [0.25, 0.3) is 11.1 Å². The topological polar surface area (TPSA) is 105 Å². The highest BCUT2D eigenvalue weighted by Crippen LogP contribution is 2.44. The van der Waals surface area contributed by atoms with Crippen molar-refractivity contribution in [2.75, 3.05) is 13.2 Å². The Kier molecular flexibility index (Phi) is 8.68. The van der Waals surface area contributed by atoms with E-state index < -0.39 is 18.1 Å². The van der Waals surface area contributed by atoms with E-state index in [-0.39, 0.29) is 37.2 Å². The predicted molar refractivity (Wildman–Crippen MR) is 130 cm³/mol. The molecule has 0 heterocycles. The molecule has 3 rings (SSSR count). The summed E-state index contributed by atoms with van der Waals surface area (Å²) in [6.07, 6.45) is 0.338. The number of amides is 2. The van der Waals surface area contributed by atoms with Crippen molar-refractivity contribution in [1.29, 1.82) is 0 Å². The Morgan fingerprint density at radius 1 is 0.941 bits per heavy atom. The second-order valence-corrected chi connectivity index (χ2v) is 9.47. The summed E-state index contributed by atoms with van der Waals surface area (Å²) in [7, 11) is 0. The quantitative estimate of drug-likeness (QED) is 0.450. The molecule has 0 saturated heterocycles. The summed E-state index contributed by atoms with van der Waals surface area (Å²) >= 11 is 0. The van der Waals surface area contributed by atoms with E-state index in [9.17, 15) is 14.4 Å². The predicted octanol–water partition coefficient (Wildman–Crippen LogP) is 4.56. The lowest BCUT2D eigenvalue weighted by atomic mass is 9.93. The zero-order valence-electron chi connectivity index (χ0n) is 20.0. The molecule has 7 nitrogen and oxygen atoms in total. The van der Waals surface area contributed by atoms with Crippen LogP contribution in [0.1, 0.15) is 57.1 Å². The summed E-state index contributed by atoms with van der Waals surface area (Å²) in [5.41, 5.74) is 4.65. The Balaban J connectivity index is 1.53. The number of aliphatic carboxylic acids is 1. The molecule has 7 heteroatoms. The molecular weight excluding hydrogens is 432 g/mol. The Bertz CT molecular complexity index is 974. The van der Waals surface area contributed by atoms with Crippen LogP contribution in [0.2, 0.25) is 0 Å². The van der Waals surface area contributed by atoms with Crippen molar-refractivity contribution >= 4 is 18.0 Å². The van der Waals surface area contributed by atoms with Crippen molar-refractivity contribution in [1.82, 2.24) is 10.6 Å². The van der Waals surface area contributed by atoms with Gasteiger partial charge in [-0.2, -0.15) is 0 Å². The molecule has 3 N–H and O–H groups in total. The third kappa shape index (κ3) is 6.83. The van der Waals surface area contributed by atoms with Gasteiger partial charge < -0.3 is 20.5 Å². The molecule has 1 aliphatic carbocycles. The molecule has 0 aliphatic heterocycles. The van der Waals surface area contributed by atoms with E-state index in [4.69, 9.17) is 9.84 Å². The zero-order chi connectivity index (χ0) is 24.7. The number of carbonyl (C=O) groups is 3. The van der Waals surface area contributed by atoms with Gasteiger partial charge in [0.05, 0.1) is 6.42 Å². The number of benzene rings is 2. The van der Waals surface area contributed by atoms with Crippen LogP contribution in [0.5, 0.6) is 0 Å². The third-order valence-electron chi connectivity index (χ3n) is 6.05. The van der Waals surface area contributed by atoms with Crippen LogP contribution in [0.4, 0.5) is 4.79 Å². The van der Waals surface area contributed by atoms with Gasteiger partial charge in [0.1, 0.15) is 6.61 Å². The monoisotopic (exact) mass is 466 g/mol. The molecule has 2 amide bonds. The van der Waals surface area contributed by atoms with E-state index in [1.165, 1.54) is 11.1 Å². The van der Waals surface area contributed by atoms with Crippen molar-refractivity contribution in [3.63, 3.8) is 0 Å². The molecule has 2 aromatic rings. The lowest BCUT2D eigenvalue weighted by Gasteiger charge is -2.21. The van der Waals surface area contributed by atoms with Crippen LogP contribution >= 0.6 is 0 Å². The molecule has 2 aromatic carbocycles. The number of carbonyl (C=O) groups excluding carboxylic acids is 2. The number of ether oxygens (including phenoxy) is 1. The number of nitrogens with one attached hydrogen (secondary N) is 2. The van der Waals surface area contributed by atoms with Gasteiger partial charge in [-0.3, -0.25) is 9.59 Å².